The first-order valence-corrected chi connectivity index (χ1v) is 11.8. The van der Waals surface area contributed by atoms with Gasteiger partial charge in [0.05, 0.1) is 5.52 Å². The molecule has 4 aromatic carbocycles. The molecule has 0 unspecified atom stereocenters. The van der Waals surface area contributed by atoms with Crippen molar-refractivity contribution in [1.82, 2.24) is 9.97 Å². The molecule has 0 spiro atoms. The largest absolute Gasteiger partial charge is 0.351 e. The van der Waals surface area contributed by atoms with Gasteiger partial charge in [0.2, 0.25) is 5.91 Å². The van der Waals surface area contributed by atoms with Crippen molar-refractivity contribution in [3.63, 3.8) is 0 Å². The van der Waals surface area contributed by atoms with Gasteiger partial charge in [-0.15, -0.1) is 0 Å². The van der Waals surface area contributed by atoms with Crippen LogP contribution in [0.3, 0.4) is 0 Å². The third kappa shape index (κ3) is 5.55. The second kappa shape index (κ2) is 10.8. The zero-order chi connectivity index (χ0) is 24.7. The number of benzene rings is 4. The molecule has 0 aliphatic carbocycles. The summed E-state index contributed by atoms with van der Waals surface area (Å²) >= 11 is 0. The Kier molecular flexibility index (Phi) is 6.94. The molecule has 178 valence electrons. The van der Waals surface area contributed by atoms with E-state index < -0.39 is 0 Å². The minimum Gasteiger partial charge on any atom is -0.351 e. The lowest BCUT2D eigenvalue weighted by Crippen LogP contribution is -2.28. The summed E-state index contributed by atoms with van der Waals surface area (Å²) < 4.78 is 13.2. The van der Waals surface area contributed by atoms with E-state index in [4.69, 9.17) is 9.97 Å². The first-order chi connectivity index (χ1) is 17.7. The average molecular weight is 477 g/mol. The van der Waals surface area contributed by atoms with Crippen LogP contribution in [0, 0.1) is 5.82 Å². The van der Waals surface area contributed by atoms with Crippen LogP contribution in [-0.2, 0) is 11.3 Å². The van der Waals surface area contributed by atoms with Crippen LogP contribution >= 0.6 is 0 Å². The van der Waals surface area contributed by atoms with Gasteiger partial charge in [-0.2, -0.15) is 0 Å². The topological polar surface area (TPSA) is 58.1 Å². The summed E-state index contributed by atoms with van der Waals surface area (Å²) in [5.74, 6) is 0.921. The molecule has 0 fully saturated rings. The number of nitrogens with one attached hydrogen (secondary N) is 1. The highest BCUT2D eigenvalue weighted by molar-refractivity contribution is 5.93. The van der Waals surface area contributed by atoms with E-state index in [2.05, 4.69) is 22.3 Å². The minimum atomic E-state index is -0.341. The van der Waals surface area contributed by atoms with E-state index >= 15 is 0 Å². The number of para-hydroxylation sites is 1. The Labute approximate surface area is 209 Å². The van der Waals surface area contributed by atoms with Gasteiger partial charge < -0.3 is 10.2 Å². The Morgan fingerprint density at radius 3 is 2.19 bits per heavy atom. The summed E-state index contributed by atoms with van der Waals surface area (Å²) in [5.41, 5.74) is 3.45. The second-order valence-electron chi connectivity index (χ2n) is 8.47. The zero-order valence-electron chi connectivity index (χ0n) is 19.6. The Morgan fingerprint density at radius 1 is 0.778 bits per heavy atom. The van der Waals surface area contributed by atoms with E-state index in [9.17, 15) is 9.18 Å². The second-order valence-corrected chi connectivity index (χ2v) is 8.47. The molecule has 1 aromatic heterocycles. The van der Waals surface area contributed by atoms with E-state index in [0.29, 0.717) is 24.6 Å². The van der Waals surface area contributed by atoms with E-state index in [1.165, 1.54) is 12.1 Å². The van der Waals surface area contributed by atoms with Gasteiger partial charge in [0.15, 0.2) is 5.82 Å². The summed E-state index contributed by atoms with van der Waals surface area (Å²) in [4.78, 5) is 24.7. The number of rotatable bonds is 8. The molecule has 1 amide bonds. The van der Waals surface area contributed by atoms with E-state index in [1.54, 1.807) is 12.1 Å². The molecular formula is C30H25FN4O. The van der Waals surface area contributed by atoms with Gasteiger partial charge >= 0.3 is 0 Å². The number of nitrogens with zero attached hydrogens (tertiary/aromatic N) is 3. The molecule has 0 aliphatic heterocycles. The molecule has 0 radical (unpaired) electrons. The Balaban J connectivity index is 1.48. The Hall–Kier alpha value is -4.58. The minimum absolute atomic E-state index is 0.152. The molecular weight excluding hydrogens is 451 g/mol. The van der Waals surface area contributed by atoms with Gasteiger partial charge in [-0.3, -0.25) is 4.79 Å². The van der Waals surface area contributed by atoms with Gasteiger partial charge in [-0.25, -0.2) is 14.4 Å². The molecule has 1 heterocycles. The van der Waals surface area contributed by atoms with Crippen LogP contribution in [0.1, 0.15) is 12.0 Å². The normalized spacial score (nSPS) is 10.8. The monoisotopic (exact) mass is 476 g/mol. The number of anilines is 2. The van der Waals surface area contributed by atoms with E-state index in [1.807, 2.05) is 72.8 Å². The maximum atomic E-state index is 13.2. The van der Waals surface area contributed by atoms with Crippen LogP contribution in [-0.4, -0.2) is 22.4 Å². The molecule has 0 atom stereocenters. The van der Waals surface area contributed by atoms with Crippen LogP contribution in [0.5, 0.6) is 0 Å². The van der Waals surface area contributed by atoms with Crippen LogP contribution in [0.25, 0.3) is 22.3 Å². The highest BCUT2D eigenvalue weighted by Gasteiger charge is 2.17. The van der Waals surface area contributed by atoms with Crippen LogP contribution < -0.4 is 10.2 Å². The number of hydrogen-bond acceptors (Lipinski definition) is 4. The highest BCUT2D eigenvalue weighted by atomic mass is 19.1. The lowest BCUT2D eigenvalue weighted by Gasteiger charge is -2.25. The molecule has 5 aromatic rings. The van der Waals surface area contributed by atoms with Crippen molar-refractivity contribution >= 4 is 28.3 Å². The fourth-order valence-corrected chi connectivity index (χ4v) is 4.07. The van der Waals surface area contributed by atoms with Crippen molar-refractivity contribution in [2.75, 3.05) is 16.8 Å². The van der Waals surface area contributed by atoms with Gasteiger partial charge in [-0.1, -0.05) is 72.8 Å². The van der Waals surface area contributed by atoms with Crippen LogP contribution in [0.4, 0.5) is 15.9 Å². The van der Waals surface area contributed by atoms with Gasteiger partial charge in [0.25, 0.3) is 0 Å². The fraction of sp³-hybridized carbons (Fsp3) is 0.100. The maximum Gasteiger partial charge on any atom is 0.226 e. The third-order valence-corrected chi connectivity index (χ3v) is 5.87. The number of carbonyl (C=O) groups excluding carboxylic acids is 1. The summed E-state index contributed by atoms with van der Waals surface area (Å²) in [6, 6.07) is 33.7. The number of aromatic nitrogens is 2. The third-order valence-electron chi connectivity index (χ3n) is 5.87. The molecule has 1 N–H and O–H groups in total. The van der Waals surface area contributed by atoms with Gasteiger partial charge in [-0.05, 0) is 42.0 Å². The summed E-state index contributed by atoms with van der Waals surface area (Å²) in [6.07, 6.45) is 0.239. The first kappa shape index (κ1) is 23.2. The number of carbonyl (C=O) groups is 1. The molecule has 0 saturated carbocycles. The Morgan fingerprint density at radius 2 is 1.44 bits per heavy atom. The van der Waals surface area contributed by atoms with Crippen molar-refractivity contribution in [2.45, 2.75) is 13.0 Å². The van der Waals surface area contributed by atoms with Gasteiger partial charge in [0, 0.05) is 36.1 Å². The predicted octanol–water partition coefficient (Wildman–Crippen LogP) is 6.47. The standard InChI is InChI=1S/C30H25FN4O/c31-24-15-17-25(18-16-24)32-28(36)19-20-35(21-22-9-3-1-4-10-22)30-26-13-7-8-14-27(26)33-29(34-30)23-11-5-2-6-12-23/h1-18H,19-21H2,(H,32,36). The van der Waals surface area contributed by atoms with E-state index in [0.717, 1.165) is 27.8 Å². The molecule has 5 nitrogen and oxygen atoms in total. The summed E-state index contributed by atoms with van der Waals surface area (Å²) in [5, 5.41) is 3.77. The molecule has 0 saturated heterocycles. The average Bonchev–Trinajstić information content (AvgIpc) is 2.93. The molecule has 5 rings (SSSR count). The molecule has 36 heavy (non-hydrogen) atoms. The van der Waals surface area contributed by atoms with Crippen molar-refractivity contribution in [3.8, 4) is 11.4 Å². The van der Waals surface area contributed by atoms with Crippen molar-refractivity contribution in [2.24, 2.45) is 0 Å². The summed E-state index contributed by atoms with van der Waals surface area (Å²) in [7, 11) is 0. The van der Waals surface area contributed by atoms with Gasteiger partial charge in [0.1, 0.15) is 11.6 Å². The number of hydrogen-bond donors (Lipinski definition) is 1. The van der Waals surface area contributed by atoms with Crippen LogP contribution in [0.2, 0.25) is 0 Å². The SMILES string of the molecule is O=C(CCN(Cc1ccccc1)c1nc(-c2ccccc2)nc2ccccc12)Nc1ccc(F)cc1. The molecule has 0 bridgehead atoms. The highest BCUT2D eigenvalue weighted by Crippen LogP contribution is 2.29. The number of halogens is 1. The molecule has 0 aliphatic rings. The van der Waals surface area contributed by atoms with E-state index in [-0.39, 0.29) is 18.1 Å². The number of amides is 1. The Bertz CT molecular complexity index is 1460. The predicted molar refractivity (Wildman–Crippen MR) is 142 cm³/mol. The fourth-order valence-electron chi connectivity index (χ4n) is 4.07. The van der Waals surface area contributed by atoms with Crippen LogP contribution in [0.15, 0.2) is 109 Å². The number of fused-ring (bicyclic) bond motifs is 1. The lowest BCUT2D eigenvalue weighted by molar-refractivity contribution is -0.116. The quantitative estimate of drug-likeness (QED) is 0.279. The maximum absolute atomic E-state index is 13.2. The van der Waals surface area contributed by atoms with Crippen molar-refractivity contribution < 1.29 is 9.18 Å². The smallest absolute Gasteiger partial charge is 0.226 e. The van der Waals surface area contributed by atoms with Crippen molar-refractivity contribution in [1.29, 1.82) is 0 Å². The molecule has 6 heteroatoms. The first-order valence-electron chi connectivity index (χ1n) is 11.8. The van der Waals surface area contributed by atoms with Crippen molar-refractivity contribution in [3.05, 3.63) is 121 Å². The summed E-state index contributed by atoms with van der Waals surface area (Å²) in [6.45, 7) is 1.02. The lowest BCUT2D eigenvalue weighted by atomic mass is 10.1. The zero-order valence-corrected chi connectivity index (χ0v) is 19.6.